The maximum Gasteiger partial charge on any atom is 0.257 e. The second kappa shape index (κ2) is 4.11. The molecule has 1 aromatic carbocycles. The van der Waals surface area contributed by atoms with Crippen molar-refractivity contribution in [2.45, 2.75) is 31.8 Å². The van der Waals surface area contributed by atoms with Gasteiger partial charge >= 0.3 is 0 Å². The van der Waals surface area contributed by atoms with Gasteiger partial charge in [-0.2, -0.15) is 0 Å². The topological polar surface area (TPSA) is 46.3 Å². The zero-order chi connectivity index (χ0) is 12.6. The number of nitrogens with zero attached hydrogens (tertiary/aromatic N) is 1. The lowest BCUT2D eigenvalue weighted by Gasteiger charge is -2.34. The van der Waals surface area contributed by atoms with E-state index in [-0.39, 0.29) is 17.5 Å². The van der Waals surface area contributed by atoms with E-state index in [2.05, 4.69) is 0 Å². The van der Waals surface area contributed by atoms with Crippen LogP contribution in [0, 0.1) is 5.82 Å². The first-order valence-electron chi connectivity index (χ1n) is 5.76. The van der Waals surface area contributed by atoms with Crippen LogP contribution >= 0.6 is 0 Å². The molecule has 0 saturated carbocycles. The van der Waals surface area contributed by atoms with Crippen LogP contribution in [0.3, 0.4) is 0 Å². The van der Waals surface area contributed by atoms with Crippen LogP contribution in [-0.2, 0) is 0 Å². The van der Waals surface area contributed by atoms with Crippen molar-refractivity contribution in [2.24, 2.45) is 5.73 Å². The van der Waals surface area contributed by atoms with Crippen molar-refractivity contribution in [3.8, 4) is 0 Å². The molecular weight excluding hydrogens is 219 g/mol. The first-order valence-corrected chi connectivity index (χ1v) is 5.76. The molecule has 2 N–H and O–H groups in total. The standard InChI is InChI=1S/C13H17FN2O/c1-13(2)11(15)7-8-16(13)12(17)9-5-3-4-6-10(9)14/h3-6,11H,7-8,15H2,1-2H3. The molecular formula is C13H17FN2O. The molecule has 2 rings (SSSR count). The number of hydrogen-bond acceptors (Lipinski definition) is 2. The summed E-state index contributed by atoms with van der Waals surface area (Å²) in [5.74, 6) is -0.755. The van der Waals surface area contributed by atoms with Gasteiger partial charge in [0.15, 0.2) is 0 Å². The first-order chi connectivity index (χ1) is 7.94. The minimum Gasteiger partial charge on any atom is -0.332 e. The Bertz CT molecular complexity index is 445. The molecule has 0 radical (unpaired) electrons. The van der Waals surface area contributed by atoms with E-state index in [4.69, 9.17) is 5.73 Å². The van der Waals surface area contributed by atoms with Gasteiger partial charge < -0.3 is 10.6 Å². The molecule has 1 amide bonds. The van der Waals surface area contributed by atoms with Gasteiger partial charge in [0.05, 0.1) is 11.1 Å². The van der Waals surface area contributed by atoms with Crippen LogP contribution < -0.4 is 5.73 Å². The predicted octanol–water partition coefficient (Wildman–Crippen LogP) is 1.78. The van der Waals surface area contributed by atoms with E-state index in [0.29, 0.717) is 6.54 Å². The SMILES string of the molecule is CC1(C)C(N)CCN1C(=O)c1ccccc1F. The molecule has 0 bridgehead atoms. The van der Waals surface area contributed by atoms with Crippen molar-refractivity contribution in [1.82, 2.24) is 4.90 Å². The van der Waals surface area contributed by atoms with E-state index in [9.17, 15) is 9.18 Å². The highest BCUT2D eigenvalue weighted by Crippen LogP contribution is 2.29. The van der Waals surface area contributed by atoms with Gasteiger partial charge in [-0.05, 0) is 32.4 Å². The number of amides is 1. The van der Waals surface area contributed by atoms with Gasteiger partial charge in [-0.25, -0.2) is 4.39 Å². The number of carbonyl (C=O) groups excluding carboxylic acids is 1. The summed E-state index contributed by atoms with van der Waals surface area (Å²) in [6, 6.07) is 6.00. The van der Waals surface area contributed by atoms with Gasteiger partial charge in [0.2, 0.25) is 0 Å². The Hall–Kier alpha value is -1.42. The van der Waals surface area contributed by atoms with Gasteiger partial charge in [-0.15, -0.1) is 0 Å². The molecule has 1 aliphatic rings. The van der Waals surface area contributed by atoms with Gasteiger partial charge in [0, 0.05) is 12.6 Å². The van der Waals surface area contributed by atoms with E-state index in [1.807, 2.05) is 13.8 Å². The average Bonchev–Trinajstić information content (AvgIpc) is 2.54. The maximum absolute atomic E-state index is 13.6. The first kappa shape index (κ1) is 12.0. The van der Waals surface area contributed by atoms with E-state index < -0.39 is 11.4 Å². The number of likely N-dealkylation sites (tertiary alicyclic amines) is 1. The Balaban J connectivity index is 2.31. The fraction of sp³-hybridized carbons (Fsp3) is 0.462. The summed E-state index contributed by atoms with van der Waals surface area (Å²) >= 11 is 0. The molecule has 0 aliphatic carbocycles. The van der Waals surface area contributed by atoms with Crippen molar-refractivity contribution < 1.29 is 9.18 Å². The second-order valence-corrected chi connectivity index (χ2v) is 4.99. The largest absolute Gasteiger partial charge is 0.332 e. The van der Waals surface area contributed by atoms with E-state index in [0.717, 1.165) is 6.42 Å². The molecule has 3 nitrogen and oxygen atoms in total. The highest BCUT2D eigenvalue weighted by atomic mass is 19.1. The van der Waals surface area contributed by atoms with Crippen LogP contribution in [0.25, 0.3) is 0 Å². The highest BCUT2D eigenvalue weighted by Gasteiger charge is 2.42. The highest BCUT2D eigenvalue weighted by molar-refractivity contribution is 5.95. The minimum absolute atomic E-state index is 0.0572. The summed E-state index contributed by atoms with van der Waals surface area (Å²) in [4.78, 5) is 13.9. The van der Waals surface area contributed by atoms with Crippen LogP contribution in [0.4, 0.5) is 4.39 Å². The summed E-state index contributed by atoms with van der Waals surface area (Å²) in [5.41, 5.74) is 5.67. The van der Waals surface area contributed by atoms with E-state index in [1.54, 1.807) is 17.0 Å². The summed E-state index contributed by atoms with van der Waals surface area (Å²) in [5, 5.41) is 0. The van der Waals surface area contributed by atoms with Crippen molar-refractivity contribution in [1.29, 1.82) is 0 Å². The van der Waals surface area contributed by atoms with Crippen LogP contribution in [0.1, 0.15) is 30.6 Å². The Kier molecular flexibility index (Phi) is 2.91. The quantitative estimate of drug-likeness (QED) is 0.808. The molecule has 1 aliphatic heterocycles. The molecule has 1 saturated heterocycles. The fourth-order valence-electron chi connectivity index (χ4n) is 2.25. The van der Waals surface area contributed by atoms with E-state index >= 15 is 0 Å². The summed E-state index contributed by atoms with van der Waals surface area (Å²) in [6.45, 7) is 4.42. The normalized spacial score (nSPS) is 22.8. The van der Waals surface area contributed by atoms with Gasteiger partial charge in [0.25, 0.3) is 5.91 Å². The molecule has 1 heterocycles. The number of nitrogens with two attached hydrogens (primary N) is 1. The lowest BCUT2D eigenvalue weighted by Crippen LogP contribution is -2.51. The summed E-state index contributed by atoms with van der Waals surface area (Å²) in [6.07, 6.45) is 0.757. The Morgan fingerprint density at radius 2 is 2.12 bits per heavy atom. The smallest absolute Gasteiger partial charge is 0.257 e. The third-order valence-electron chi connectivity index (χ3n) is 3.62. The molecule has 0 spiro atoms. The van der Waals surface area contributed by atoms with Crippen LogP contribution in [0.2, 0.25) is 0 Å². The molecule has 17 heavy (non-hydrogen) atoms. The van der Waals surface area contributed by atoms with Gasteiger partial charge in [0.1, 0.15) is 5.82 Å². The third-order valence-corrected chi connectivity index (χ3v) is 3.62. The summed E-state index contributed by atoms with van der Waals surface area (Å²) < 4.78 is 13.6. The Morgan fingerprint density at radius 3 is 2.65 bits per heavy atom. The Morgan fingerprint density at radius 1 is 1.47 bits per heavy atom. The number of hydrogen-bond donors (Lipinski definition) is 1. The molecule has 1 aromatic rings. The zero-order valence-electron chi connectivity index (χ0n) is 10.1. The average molecular weight is 236 g/mol. The third kappa shape index (κ3) is 1.93. The van der Waals surface area contributed by atoms with Crippen molar-refractivity contribution >= 4 is 5.91 Å². The van der Waals surface area contributed by atoms with E-state index in [1.165, 1.54) is 12.1 Å². The molecule has 92 valence electrons. The van der Waals surface area contributed by atoms with Gasteiger partial charge in [-0.1, -0.05) is 12.1 Å². The van der Waals surface area contributed by atoms with Crippen LogP contribution in [0.15, 0.2) is 24.3 Å². The van der Waals surface area contributed by atoms with Crippen molar-refractivity contribution in [3.05, 3.63) is 35.6 Å². The van der Waals surface area contributed by atoms with Gasteiger partial charge in [-0.3, -0.25) is 4.79 Å². The zero-order valence-corrected chi connectivity index (χ0v) is 10.1. The number of carbonyl (C=O) groups is 1. The predicted molar refractivity (Wildman–Crippen MR) is 64.1 cm³/mol. The Labute approximate surface area is 100 Å². The number of rotatable bonds is 1. The molecule has 1 fully saturated rings. The van der Waals surface area contributed by atoms with Crippen molar-refractivity contribution in [3.63, 3.8) is 0 Å². The second-order valence-electron chi connectivity index (χ2n) is 4.99. The molecule has 1 unspecified atom stereocenters. The molecule has 1 atom stereocenters. The molecule has 4 heteroatoms. The minimum atomic E-state index is -0.478. The molecule has 0 aromatic heterocycles. The lowest BCUT2D eigenvalue weighted by atomic mass is 9.96. The monoisotopic (exact) mass is 236 g/mol. The summed E-state index contributed by atoms with van der Waals surface area (Å²) in [7, 11) is 0. The lowest BCUT2D eigenvalue weighted by molar-refractivity contribution is 0.0632. The maximum atomic E-state index is 13.6. The number of benzene rings is 1. The number of halogens is 1. The van der Waals surface area contributed by atoms with Crippen molar-refractivity contribution in [2.75, 3.05) is 6.54 Å². The fourth-order valence-corrected chi connectivity index (χ4v) is 2.25. The van der Waals surface area contributed by atoms with Crippen LogP contribution in [-0.4, -0.2) is 28.9 Å². The van der Waals surface area contributed by atoms with Crippen LogP contribution in [0.5, 0.6) is 0 Å².